The van der Waals surface area contributed by atoms with Crippen LogP contribution in [0.15, 0.2) is 29.3 Å². The Morgan fingerprint density at radius 1 is 1.32 bits per heavy atom. The maximum atomic E-state index is 14.8. The molecule has 0 radical (unpaired) electrons. The van der Waals surface area contributed by atoms with E-state index in [2.05, 4.69) is 10.0 Å². The standard InChI is InChI=1S/C18H20F3N3O3S/c1-24-8-15(28(27)23-14-4-2-3-10(14)9-25)16(21)17(24)18(26)22-11-5-6-12(19)13(20)7-11/h5-8,10,14,23,25H,2-4,9H2,1H3,(H,22,26). The SMILES string of the molecule is Cn1cc([S+]([O-])NC2CCCC2CO)c(F)c1C(=O)Nc1ccc(F)c(F)c1. The van der Waals surface area contributed by atoms with E-state index in [-0.39, 0.29) is 34.8 Å². The van der Waals surface area contributed by atoms with E-state index in [4.69, 9.17) is 0 Å². The fourth-order valence-electron chi connectivity index (χ4n) is 3.33. The van der Waals surface area contributed by atoms with E-state index in [9.17, 15) is 27.6 Å². The summed E-state index contributed by atoms with van der Waals surface area (Å²) < 4.78 is 57.6. The number of aliphatic hydroxyl groups is 1. The van der Waals surface area contributed by atoms with E-state index < -0.39 is 34.7 Å². The highest BCUT2D eigenvalue weighted by atomic mass is 32.2. The Kier molecular flexibility index (Phi) is 6.33. The summed E-state index contributed by atoms with van der Waals surface area (Å²) in [6.45, 7) is -0.0476. The number of amides is 1. The lowest BCUT2D eigenvalue weighted by Gasteiger charge is -2.19. The number of nitrogens with one attached hydrogen (secondary N) is 2. The predicted molar refractivity (Wildman–Crippen MR) is 97.4 cm³/mol. The zero-order valence-electron chi connectivity index (χ0n) is 15.0. The molecule has 3 atom stereocenters. The second-order valence-corrected chi connectivity index (χ2v) is 7.93. The molecule has 0 bridgehead atoms. The van der Waals surface area contributed by atoms with E-state index in [1.165, 1.54) is 17.8 Å². The van der Waals surface area contributed by atoms with Gasteiger partial charge in [-0.3, -0.25) is 4.79 Å². The number of halogens is 3. The summed E-state index contributed by atoms with van der Waals surface area (Å²) in [6.07, 6.45) is 3.63. The maximum Gasteiger partial charge on any atom is 0.275 e. The van der Waals surface area contributed by atoms with Crippen LogP contribution in [0, 0.1) is 23.4 Å². The molecule has 1 saturated carbocycles. The third-order valence-corrected chi connectivity index (χ3v) is 6.03. The van der Waals surface area contributed by atoms with Crippen molar-refractivity contribution in [2.75, 3.05) is 11.9 Å². The molecule has 152 valence electrons. The van der Waals surface area contributed by atoms with E-state index >= 15 is 0 Å². The van der Waals surface area contributed by atoms with Gasteiger partial charge in [0.15, 0.2) is 11.6 Å². The van der Waals surface area contributed by atoms with Gasteiger partial charge in [0.05, 0.1) is 23.6 Å². The fourth-order valence-corrected chi connectivity index (χ4v) is 4.56. The Balaban J connectivity index is 1.76. The van der Waals surface area contributed by atoms with Crippen molar-refractivity contribution < 1.29 is 27.6 Å². The largest absolute Gasteiger partial charge is 0.593 e. The topological polar surface area (TPSA) is 89.3 Å². The molecule has 1 aliphatic carbocycles. The van der Waals surface area contributed by atoms with Crippen LogP contribution >= 0.6 is 0 Å². The van der Waals surface area contributed by atoms with Crippen LogP contribution in [0.4, 0.5) is 18.9 Å². The van der Waals surface area contributed by atoms with Gasteiger partial charge in [-0.2, -0.15) is 4.39 Å². The summed E-state index contributed by atoms with van der Waals surface area (Å²) in [6, 6.07) is 2.57. The molecule has 0 aliphatic heterocycles. The van der Waals surface area contributed by atoms with Crippen LogP contribution in [0.2, 0.25) is 0 Å². The molecule has 1 heterocycles. The molecule has 3 N–H and O–H groups in total. The Bertz CT molecular complexity index is 877. The minimum atomic E-state index is -1.91. The van der Waals surface area contributed by atoms with Crippen molar-refractivity contribution in [3.63, 3.8) is 0 Å². The van der Waals surface area contributed by atoms with Crippen LogP contribution in [0.25, 0.3) is 0 Å². The van der Waals surface area contributed by atoms with Gasteiger partial charge < -0.3 is 19.5 Å². The quantitative estimate of drug-likeness (QED) is 0.633. The number of carbonyl (C=O) groups is 1. The molecule has 6 nitrogen and oxygen atoms in total. The normalized spacial score (nSPS) is 20.4. The highest BCUT2D eigenvalue weighted by Crippen LogP contribution is 2.28. The number of aliphatic hydroxyl groups excluding tert-OH is 1. The average molecular weight is 415 g/mol. The molecule has 0 saturated heterocycles. The van der Waals surface area contributed by atoms with Gasteiger partial charge in [0, 0.05) is 31.3 Å². The van der Waals surface area contributed by atoms with Crippen LogP contribution in [-0.4, -0.2) is 32.8 Å². The number of rotatable bonds is 6. The number of hydrogen-bond donors (Lipinski definition) is 3. The van der Waals surface area contributed by atoms with Crippen molar-refractivity contribution in [2.45, 2.75) is 30.2 Å². The summed E-state index contributed by atoms with van der Waals surface area (Å²) in [5.41, 5.74) is -0.429. The summed E-state index contributed by atoms with van der Waals surface area (Å²) in [5, 5.41) is 11.6. The van der Waals surface area contributed by atoms with Gasteiger partial charge in [0.25, 0.3) is 5.91 Å². The molecule has 1 amide bonds. The van der Waals surface area contributed by atoms with Crippen molar-refractivity contribution in [3.05, 3.63) is 47.5 Å². The Hall–Kier alpha value is -2.01. The van der Waals surface area contributed by atoms with Crippen molar-refractivity contribution in [1.82, 2.24) is 9.29 Å². The number of nitrogens with zero attached hydrogens (tertiary/aromatic N) is 1. The highest BCUT2D eigenvalue weighted by molar-refractivity contribution is 7.89. The fraction of sp³-hybridized carbons (Fsp3) is 0.389. The average Bonchev–Trinajstić information content (AvgIpc) is 3.21. The summed E-state index contributed by atoms with van der Waals surface area (Å²) in [4.78, 5) is 12.2. The molecular formula is C18H20F3N3O3S. The second-order valence-electron chi connectivity index (χ2n) is 6.72. The lowest BCUT2D eigenvalue weighted by Crippen LogP contribution is -2.38. The van der Waals surface area contributed by atoms with E-state index in [0.717, 1.165) is 37.5 Å². The first-order valence-corrected chi connectivity index (χ1v) is 9.86. The van der Waals surface area contributed by atoms with E-state index in [1.807, 2.05) is 0 Å². The number of carbonyl (C=O) groups excluding carboxylic acids is 1. The van der Waals surface area contributed by atoms with E-state index in [0.29, 0.717) is 0 Å². The monoisotopic (exact) mass is 415 g/mol. The maximum absolute atomic E-state index is 14.8. The third kappa shape index (κ3) is 4.19. The number of benzene rings is 1. The minimum Gasteiger partial charge on any atom is -0.593 e. The zero-order chi connectivity index (χ0) is 20.4. The zero-order valence-corrected chi connectivity index (χ0v) is 15.9. The van der Waals surface area contributed by atoms with Crippen molar-refractivity contribution in [2.24, 2.45) is 13.0 Å². The molecule has 28 heavy (non-hydrogen) atoms. The predicted octanol–water partition coefficient (Wildman–Crippen LogP) is 2.47. The molecule has 1 fully saturated rings. The lowest BCUT2D eigenvalue weighted by molar-refractivity contribution is 0.101. The highest BCUT2D eigenvalue weighted by Gasteiger charge is 2.34. The molecule has 0 spiro atoms. The smallest absolute Gasteiger partial charge is 0.275 e. The Morgan fingerprint density at radius 3 is 2.75 bits per heavy atom. The Labute approximate surface area is 163 Å². The molecule has 1 aromatic carbocycles. The summed E-state index contributed by atoms with van der Waals surface area (Å²) >= 11 is -1.91. The van der Waals surface area contributed by atoms with Crippen molar-refractivity contribution in [1.29, 1.82) is 0 Å². The number of aromatic nitrogens is 1. The summed E-state index contributed by atoms with van der Waals surface area (Å²) in [7, 11) is 1.41. The van der Waals surface area contributed by atoms with Gasteiger partial charge in [-0.1, -0.05) is 6.42 Å². The first kappa shape index (κ1) is 20.7. The van der Waals surface area contributed by atoms with Crippen molar-refractivity contribution in [3.8, 4) is 0 Å². The Morgan fingerprint density at radius 2 is 2.07 bits per heavy atom. The molecular weight excluding hydrogens is 395 g/mol. The first-order chi connectivity index (χ1) is 13.3. The van der Waals surface area contributed by atoms with Crippen molar-refractivity contribution >= 4 is 23.0 Å². The van der Waals surface area contributed by atoms with Gasteiger partial charge in [-0.05, 0) is 25.0 Å². The van der Waals surface area contributed by atoms with Crippen LogP contribution in [-0.2, 0) is 18.4 Å². The van der Waals surface area contributed by atoms with Crippen LogP contribution in [0.3, 0.4) is 0 Å². The number of aryl methyl sites for hydroxylation is 1. The third-order valence-electron chi connectivity index (χ3n) is 4.83. The van der Waals surface area contributed by atoms with E-state index in [1.54, 1.807) is 0 Å². The van der Waals surface area contributed by atoms with Gasteiger partial charge in [0.1, 0.15) is 5.69 Å². The van der Waals surface area contributed by atoms with Gasteiger partial charge >= 0.3 is 0 Å². The van der Waals surface area contributed by atoms with Gasteiger partial charge in [0.2, 0.25) is 10.7 Å². The molecule has 3 rings (SSSR count). The number of anilines is 1. The van der Waals surface area contributed by atoms with Crippen LogP contribution < -0.4 is 10.0 Å². The lowest BCUT2D eigenvalue weighted by atomic mass is 10.1. The molecule has 3 unspecified atom stereocenters. The minimum absolute atomic E-state index is 0.0398. The molecule has 2 aromatic rings. The molecule has 10 heteroatoms. The van der Waals surface area contributed by atoms with Crippen LogP contribution in [0.1, 0.15) is 29.8 Å². The van der Waals surface area contributed by atoms with Crippen LogP contribution in [0.5, 0.6) is 0 Å². The molecule has 1 aliphatic rings. The summed E-state index contributed by atoms with van der Waals surface area (Å²) in [5.74, 6) is -4.12. The van der Waals surface area contributed by atoms with Gasteiger partial charge in [-0.15, -0.1) is 4.72 Å². The van der Waals surface area contributed by atoms with Gasteiger partial charge in [-0.25, -0.2) is 8.78 Å². The first-order valence-electron chi connectivity index (χ1n) is 8.71. The number of hydrogen-bond acceptors (Lipinski definition) is 4. The molecule has 1 aromatic heterocycles. The second kappa shape index (κ2) is 8.56.